The highest BCUT2D eigenvalue weighted by Gasteiger charge is 2.08. The molecule has 1 aromatic heterocycles. The summed E-state index contributed by atoms with van der Waals surface area (Å²) in [6, 6.07) is 13.9. The van der Waals surface area contributed by atoms with Crippen molar-refractivity contribution in [2.45, 2.75) is 0 Å². The average molecular weight is 382 g/mol. The summed E-state index contributed by atoms with van der Waals surface area (Å²) in [4.78, 5) is 19.0. The van der Waals surface area contributed by atoms with E-state index in [9.17, 15) is 9.18 Å². The van der Waals surface area contributed by atoms with Gasteiger partial charge in [-0.3, -0.25) is 4.79 Å². The van der Waals surface area contributed by atoms with Crippen LogP contribution in [-0.4, -0.2) is 36.6 Å². The summed E-state index contributed by atoms with van der Waals surface area (Å²) in [5.74, 6) is 0.326. The molecule has 0 spiro atoms. The summed E-state index contributed by atoms with van der Waals surface area (Å²) in [5.41, 5.74) is 1.75. The van der Waals surface area contributed by atoms with Gasteiger partial charge < -0.3 is 20.1 Å². The highest BCUT2D eigenvalue weighted by atomic mass is 19.1. The lowest BCUT2D eigenvalue weighted by Crippen LogP contribution is -2.05. The number of hydrogen-bond acceptors (Lipinski definition) is 7. The number of nitrogens with zero attached hydrogens (tertiary/aromatic N) is 2. The smallest absolute Gasteiger partial charge is 0.229 e. The zero-order valence-electron chi connectivity index (χ0n) is 15.2. The van der Waals surface area contributed by atoms with Gasteiger partial charge in [-0.25, -0.2) is 9.37 Å². The molecule has 0 aliphatic heterocycles. The molecule has 144 valence electrons. The van der Waals surface area contributed by atoms with Gasteiger partial charge in [0.1, 0.15) is 18.6 Å². The van der Waals surface area contributed by atoms with Gasteiger partial charge in [0.2, 0.25) is 5.95 Å². The Morgan fingerprint density at radius 3 is 2.64 bits per heavy atom. The zero-order valence-corrected chi connectivity index (χ0v) is 15.2. The fourth-order valence-electron chi connectivity index (χ4n) is 2.35. The standard InChI is InChI=1S/C20H19FN4O3/c1-27-9-10-28-17-7-5-15(6-8-17)24-20-22-12-18(21)19(25-20)23-16-4-2-3-14(11-16)13-26/h2-8,11-13H,9-10H2,1H3,(H2,22,23,24,25). The molecule has 1 heterocycles. The molecule has 2 N–H and O–H groups in total. The van der Waals surface area contributed by atoms with Gasteiger partial charge >= 0.3 is 0 Å². The molecule has 3 rings (SSSR count). The molecule has 0 bridgehead atoms. The van der Waals surface area contributed by atoms with Gasteiger partial charge in [-0.1, -0.05) is 12.1 Å². The van der Waals surface area contributed by atoms with E-state index in [0.717, 1.165) is 18.2 Å². The molecule has 28 heavy (non-hydrogen) atoms. The van der Waals surface area contributed by atoms with Gasteiger partial charge in [0.15, 0.2) is 11.6 Å². The molecule has 0 unspecified atom stereocenters. The number of aromatic nitrogens is 2. The number of aldehydes is 1. The molecule has 3 aromatic rings. The number of carbonyl (C=O) groups is 1. The number of halogens is 1. The van der Waals surface area contributed by atoms with E-state index in [0.29, 0.717) is 30.2 Å². The average Bonchev–Trinajstić information content (AvgIpc) is 2.72. The van der Waals surface area contributed by atoms with E-state index in [4.69, 9.17) is 9.47 Å². The Balaban J connectivity index is 1.69. The van der Waals surface area contributed by atoms with Crippen molar-refractivity contribution in [2.75, 3.05) is 31.0 Å². The van der Waals surface area contributed by atoms with Gasteiger partial charge in [-0.15, -0.1) is 0 Å². The highest BCUT2D eigenvalue weighted by Crippen LogP contribution is 2.22. The van der Waals surface area contributed by atoms with Crippen molar-refractivity contribution in [1.29, 1.82) is 0 Å². The minimum Gasteiger partial charge on any atom is -0.491 e. The summed E-state index contributed by atoms with van der Waals surface area (Å²) in [6.07, 6.45) is 1.79. The van der Waals surface area contributed by atoms with Crippen LogP contribution in [0.15, 0.2) is 54.7 Å². The normalized spacial score (nSPS) is 10.4. The van der Waals surface area contributed by atoms with Crippen molar-refractivity contribution in [3.8, 4) is 5.75 Å². The first-order valence-electron chi connectivity index (χ1n) is 8.51. The molecular weight excluding hydrogens is 363 g/mol. The first-order chi connectivity index (χ1) is 13.7. The van der Waals surface area contributed by atoms with Crippen molar-refractivity contribution in [3.05, 3.63) is 66.1 Å². The van der Waals surface area contributed by atoms with Crippen molar-refractivity contribution < 1.29 is 18.7 Å². The monoisotopic (exact) mass is 382 g/mol. The highest BCUT2D eigenvalue weighted by molar-refractivity contribution is 5.77. The van der Waals surface area contributed by atoms with Crippen LogP contribution in [0.25, 0.3) is 0 Å². The molecule has 0 radical (unpaired) electrons. The number of carbonyl (C=O) groups excluding carboxylic acids is 1. The Kier molecular flexibility index (Phi) is 6.48. The topological polar surface area (TPSA) is 85.4 Å². The quantitative estimate of drug-likeness (QED) is 0.428. The first kappa shape index (κ1) is 19.2. The minimum absolute atomic E-state index is 0.0000630. The Morgan fingerprint density at radius 2 is 1.89 bits per heavy atom. The zero-order chi connectivity index (χ0) is 19.8. The van der Waals surface area contributed by atoms with Crippen LogP contribution in [0.3, 0.4) is 0 Å². The van der Waals surface area contributed by atoms with Gasteiger partial charge in [0, 0.05) is 24.0 Å². The third kappa shape index (κ3) is 5.24. The lowest BCUT2D eigenvalue weighted by molar-refractivity contribution is 0.112. The van der Waals surface area contributed by atoms with E-state index in [1.165, 1.54) is 0 Å². The molecule has 0 saturated heterocycles. The first-order valence-corrected chi connectivity index (χ1v) is 8.51. The third-order valence-corrected chi connectivity index (χ3v) is 3.70. The van der Waals surface area contributed by atoms with Gasteiger partial charge in [-0.05, 0) is 36.4 Å². The maximum absolute atomic E-state index is 14.1. The second kappa shape index (κ2) is 9.43. The van der Waals surface area contributed by atoms with Crippen LogP contribution >= 0.6 is 0 Å². The minimum atomic E-state index is -0.607. The largest absolute Gasteiger partial charge is 0.491 e. The molecule has 0 aliphatic rings. The van der Waals surface area contributed by atoms with Crippen LogP contribution in [0, 0.1) is 5.82 Å². The predicted molar refractivity (Wildman–Crippen MR) is 104 cm³/mol. The number of ether oxygens (including phenoxy) is 2. The summed E-state index contributed by atoms with van der Waals surface area (Å²) in [5, 5.41) is 5.86. The Hall–Kier alpha value is -3.52. The number of rotatable bonds is 9. The van der Waals surface area contributed by atoms with Gasteiger partial charge in [0.25, 0.3) is 0 Å². The Bertz CT molecular complexity index is 935. The predicted octanol–water partition coefficient (Wildman–Crippen LogP) is 3.94. The molecule has 0 atom stereocenters. The molecular formula is C20H19FN4O3. The van der Waals surface area contributed by atoms with Gasteiger partial charge in [-0.2, -0.15) is 4.98 Å². The van der Waals surface area contributed by atoms with Crippen LogP contribution in [0.4, 0.5) is 27.5 Å². The Labute approximate surface area is 161 Å². The fourth-order valence-corrected chi connectivity index (χ4v) is 2.35. The van der Waals surface area contributed by atoms with Crippen LogP contribution < -0.4 is 15.4 Å². The van der Waals surface area contributed by atoms with Crippen LogP contribution in [-0.2, 0) is 4.74 Å². The van der Waals surface area contributed by atoms with Crippen molar-refractivity contribution >= 4 is 29.4 Å². The van der Waals surface area contributed by atoms with E-state index in [1.54, 1.807) is 55.6 Å². The summed E-state index contributed by atoms with van der Waals surface area (Å²) in [7, 11) is 1.61. The molecule has 2 aromatic carbocycles. The SMILES string of the molecule is COCCOc1ccc(Nc2ncc(F)c(Nc3cccc(C=O)c3)n2)cc1. The maximum Gasteiger partial charge on any atom is 0.229 e. The van der Waals surface area contributed by atoms with E-state index >= 15 is 0 Å². The summed E-state index contributed by atoms with van der Waals surface area (Å²) in [6.45, 7) is 0.972. The fraction of sp³-hybridized carbons (Fsp3) is 0.150. The van der Waals surface area contributed by atoms with E-state index in [2.05, 4.69) is 20.6 Å². The Morgan fingerprint density at radius 1 is 1.07 bits per heavy atom. The number of nitrogens with one attached hydrogen (secondary N) is 2. The van der Waals surface area contributed by atoms with Crippen LogP contribution in [0.2, 0.25) is 0 Å². The number of methoxy groups -OCH3 is 1. The van der Waals surface area contributed by atoms with Crippen molar-refractivity contribution in [3.63, 3.8) is 0 Å². The summed E-state index contributed by atoms with van der Waals surface area (Å²) >= 11 is 0. The lowest BCUT2D eigenvalue weighted by atomic mass is 10.2. The second-order valence-electron chi connectivity index (χ2n) is 5.75. The molecule has 0 fully saturated rings. The molecule has 0 amide bonds. The molecule has 0 aliphatic carbocycles. The van der Waals surface area contributed by atoms with Gasteiger partial charge in [0.05, 0.1) is 12.8 Å². The van der Waals surface area contributed by atoms with E-state index in [-0.39, 0.29) is 11.8 Å². The number of benzene rings is 2. The van der Waals surface area contributed by atoms with Crippen molar-refractivity contribution in [2.24, 2.45) is 0 Å². The molecule has 8 heteroatoms. The maximum atomic E-state index is 14.1. The third-order valence-electron chi connectivity index (χ3n) is 3.70. The second-order valence-corrected chi connectivity index (χ2v) is 5.75. The number of hydrogen-bond donors (Lipinski definition) is 2. The number of anilines is 4. The molecule has 7 nitrogen and oxygen atoms in total. The van der Waals surface area contributed by atoms with Crippen molar-refractivity contribution in [1.82, 2.24) is 9.97 Å². The lowest BCUT2D eigenvalue weighted by Gasteiger charge is -2.10. The van der Waals surface area contributed by atoms with Crippen LogP contribution in [0.5, 0.6) is 5.75 Å². The molecule has 0 saturated carbocycles. The van der Waals surface area contributed by atoms with Crippen LogP contribution in [0.1, 0.15) is 10.4 Å². The van der Waals surface area contributed by atoms with E-state index < -0.39 is 5.82 Å². The van der Waals surface area contributed by atoms with E-state index in [1.807, 2.05) is 0 Å². The summed E-state index contributed by atoms with van der Waals surface area (Å²) < 4.78 is 24.5.